The molecule has 0 aliphatic carbocycles. The molecule has 2 aliphatic rings. The van der Waals surface area contributed by atoms with Gasteiger partial charge in [-0.3, -0.25) is 4.79 Å². The van der Waals surface area contributed by atoms with Crippen LogP contribution in [0.2, 0.25) is 0 Å². The predicted molar refractivity (Wildman–Crippen MR) is 97.6 cm³/mol. The number of nitrogens with one attached hydrogen (secondary N) is 1. The van der Waals surface area contributed by atoms with Gasteiger partial charge in [-0.15, -0.1) is 11.3 Å². The fourth-order valence-electron chi connectivity index (χ4n) is 4.15. The monoisotopic (exact) mass is 344 g/mol. The SMILES string of the molecule is C[C@@H](C(=O)N1CCCC1)[NH+]1CCC[C@H](c2nc3ccccc3s2)C1. The molecule has 3 atom stereocenters. The zero-order valence-electron chi connectivity index (χ0n) is 14.3. The number of amides is 1. The summed E-state index contributed by atoms with van der Waals surface area (Å²) in [5, 5.41) is 1.26. The standard InChI is InChI=1S/C19H25N3OS/c1-14(19(23)21-10-4-5-11-21)22-12-6-7-15(13-22)18-20-16-8-2-3-9-17(16)24-18/h2-3,8-9,14-15H,4-7,10-13H2,1H3/p+1/t14-,15-/m0/s1. The number of fused-ring (bicyclic) bond motifs is 1. The smallest absolute Gasteiger partial charge is 0.280 e. The Kier molecular flexibility index (Phi) is 4.55. The summed E-state index contributed by atoms with van der Waals surface area (Å²) in [5.41, 5.74) is 1.12. The summed E-state index contributed by atoms with van der Waals surface area (Å²) in [6.45, 7) is 6.19. The number of carbonyl (C=O) groups excluding carboxylic acids is 1. The van der Waals surface area contributed by atoms with Crippen LogP contribution in [0.3, 0.4) is 0 Å². The molecule has 3 heterocycles. The predicted octanol–water partition coefficient (Wildman–Crippen LogP) is 2.07. The number of carbonyl (C=O) groups is 1. The molecule has 0 spiro atoms. The van der Waals surface area contributed by atoms with Crippen molar-refractivity contribution in [2.24, 2.45) is 0 Å². The summed E-state index contributed by atoms with van der Waals surface area (Å²) in [6.07, 6.45) is 4.73. The highest BCUT2D eigenvalue weighted by Gasteiger charge is 2.35. The number of hydrogen-bond donors (Lipinski definition) is 1. The second-order valence-corrected chi connectivity index (χ2v) is 8.29. The van der Waals surface area contributed by atoms with Crippen LogP contribution in [-0.4, -0.2) is 48.0 Å². The Labute approximate surface area is 147 Å². The Morgan fingerprint density at radius 3 is 2.88 bits per heavy atom. The highest BCUT2D eigenvalue weighted by molar-refractivity contribution is 7.18. The van der Waals surface area contributed by atoms with E-state index < -0.39 is 0 Å². The molecule has 0 radical (unpaired) electrons. The number of likely N-dealkylation sites (tertiary alicyclic amines) is 2. The Bertz CT molecular complexity index is 689. The van der Waals surface area contributed by atoms with E-state index in [1.165, 1.54) is 40.3 Å². The number of aromatic nitrogens is 1. The molecule has 5 heteroatoms. The van der Waals surface area contributed by atoms with Crippen molar-refractivity contribution in [1.82, 2.24) is 9.88 Å². The van der Waals surface area contributed by atoms with Crippen LogP contribution in [0.15, 0.2) is 24.3 Å². The quantitative estimate of drug-likeness (QED) is 0.926. The van der Waals surface area contributed by atoms with Crippen molar-refractivity contribution >= 4 is 27.5 Å². The average Bonchev–Trinajstić information content (AvgIpc) is 3.30. The van der Waals surface area contributed by atoms with Gasteiger partial charge in [-0.25, -0.2) is 4.98 Å². The molecule has 2 aliphatic heterocycles. The van der Waals surface area contributed by atoms with E-state index in [2.05, 4.69) is 36.1 Å². The van der Waals surface area contributed by atoms with Gasteiger partial charge in [-0.1, -0.05) is 12.1 Å². The molecule has 0 bridgehead atoms. The number of hydrogen-bond acceptors (Lipinski definition) is 3. The summed E-state index contributed by atoms with van der Waals surface area (Å²) < 4.78 is 1.28. The first-order chi connectivity index (χ1) is 11.7. The first-order valence-electron chi connectivity index (χ1n) is 9.21. The number of nitrogens with zero attached hydrogens (tertiary/aromatic N) is 2. The summed E-state index contributed by atoms with van der Waals surface area (Å²) in [7, 11) is 0. The van der Waals surface area contributed by atoms with Crippen LogP contribution < -0.4 is 4.90 Å². The minimum absolute atomic E-state index is 0.0836. The summed E-state index contributed by atoms with van der Waals surface area (Å²) in [6, 6.07) is 8.48. The lowest BCUT2D eigenvalue weighted by atomic mass is 9.97. The molecule has 2 fully saturated rings. The maximum Gasteiger partial charge on any atom is 0.280 e. The zero-order valence-corrected chi connectivity index (χ0v) is 15.1. The first kappa shape index (κ1) is 16.0. The van der Waals surface area contributed by atoms with Gasteiger partial charge in [-0.2, -0.15) is 0 Å². The lowest BCUT2D eigenvalue weighted by molar-refractivity contribution is -0.920. The second kappa shape index (κ2) is 6.81. The highest BCUT2D eigenvalue weighted by Crippen LogP contribution is 2.30. The molecule has 24 heavy (non-hydrogen) atoms. The van der Waals surface area contributed by atoms with Gasteiger partial charge in [0, 0.05) is 13.1 Å². The van der Waals surface area contributed by atoms with Gasteiger partial charge < -0.3 is 9.80 Å². The minimum Gasteiger partial charge on any atom is -0.338 e. The van der Waals surface area contributed by atoms with Gasteiger partial charge in [0.2, 0.25) is 0 Å². The Hall–Kier alpha value is -1.46. The van der Waals surface area contributed by atoms with Gasteiger partial charge in [0.15, 0.2) is 6.04 Å². The zero-order chi connectivity index (χ0) is 16.5. The minimum atomic E-state index is 0.0836. The van der Waals surface area contributed by atoms with Crippen molar-refractivity contribution in [3.8, 4) is 0 Å². The molecular weight excluding hydrogens is 318 g/mol. The Morgan fingerprint density at radius 2 is 2.08 bits per heavy atom. The molecular formula is C19H26N3OS+. The van der Waals surface area contributed by atoms with E-state index in [1.807, 2.05) is 11.3 Å². The van der Waals surface area contributed by atoms with Crippen LogP contribution in [-0.2, 0) is 4.79 Å². The van der Waals surface area contributed by atoms with E-state index >= 15 is 0 Å². The second-order valence-electron chi connectivity index (χ2n) is 7.23. The molecule has 1 unspecified atom stereocenters. The van der Waals surface area contributed by atoms with Gasteiger partial charge in [0.25, 0.3) is 5.91 Å². The molecule has 128 valence electrons. The largest absolute Gasteiger partial charge is 0.338 e. The molecule has 1 N–H and O–H groups in total. The van der Waals surface area contributed by atoms with E-state index in [1.54, 1.807) is 0 Å². The highest BCUT2D eigenvalue weighted by atomic mass is 32.1. The molecule has 2 aromatic rings. The molecule has 1 aromatic carbocycles. The lowest BCUT2D eigenvalue weighted by Gasteiger charge is -2.34. The number of benzene rings is 1. The van der Waals surface area contributed by atoms with Gasteiger partial charge in [0.05, 0.1) is 29.2 Å². The summed E-state index contributed by atoms with van der Waals surface area (Å²) in [5.74, 6) is 0.854. The maximum absolute atomic E-state index is 12.7. The van der Waals surface area contributed by atoms with Crippen LogP contribution in [0, 0.1) is 0 Å². The van der Waals surface area contributed by atoms with Gasteiger partial charge >= 0.3 is 0 Å². The third-order valence-electron chi connectivity index (χ3n) is 5.62. The van der Waals surface area contributed by atoms with Crippen molar-refractivity contribution in [3.05, 3.63) is 29.3 Å². The van der Waals surface area contributed by atoms with Crippen molar-refractivity contribution in [2.75, 3.05) is 26.2 Å². The van der Waals surface area contributed by atoms with Gasteiger partial charge in [0.1, 0.15) is 5.01 Å². The van der Waals surface area contributed by atoms with Crippen LogP contribution in [0.1, 0.15) is 43.5 Å². The lowest BCUT2D eigenvalue weighted by Crippen LogP contribution is -3.17. The van der Waals surface area contributed by atoms with E-state index in [0.717, 1.165) is 31.7 Å². The van der Waals surface area contributed by atoms with E-state index in [0.29, 0.717) is 11.8 Å². The van der Waals surface area contributed by atoms with Crippen molar-refractivity contribution in [2.45, 2.75) is 44.6 Å². The third kappa shape index (κ3) is 3.07. The van der Waals surface area contributed by atoms with Crippen molar-refractivity contribution < 1.29 is 9.69 Å². The number of piperidine rings is 1. The number of quaternary nitrogens is 1. The average molecular weight is 345 g/mol. The topological polar surface area (TPSA) is 37.6 Å². The van der Waals surface area contributed by atoms with Crippen LogP contribution in [0.5, 0.6) is 0 Å². The third-order valence-corrected chi connectivity index (χ3v) is 6.82. The molecule has 4 nitrogen and oxygen atoms in total. The molecule has 0 saturated carbocycles. The normalized spacial score (nSPS) is 26.0. The maximum atomic E-state index is 12.7. The fraction of sp³-hybridized carbons (Fsp3) is 0.579. The number of thiazole rings is 1. The summed E-state index contributed by atoms with van der Waals surface area (Å²) in [4.78, 5) is 21.1. The number of rotatable bonds is 3. The van der Waals surface area contributed by atoms with E-state index in [4.69, 9.17) is 4.98 Å². The molecule has 4 rings (SSSR count). The van der Waals surface area contributed by atoms with Crippen LogP contribution in [0.4, 0.5) is 0 Å². The van der Waals surface area contributed by atoms with Crippen molar-refractivity contribution in [1.29, 1.82) is 0 Å². The van der Waals surface area contributed by atoms with Crippen molar-refractivity contribution in [3.63, 3.8) is 0 Å². The Balaban J connectivity index is 1.47. The van der Waals surface area contributed by atoms with E-state index in [9.17, 15) is 4.79 Å². The summed E-state index contributed by atoms with van der Waals surface area (Å²) >= 11 is 1.83. The number of para-hydroxylation sites is 1. The van der Waals surface area contributed by atoms with Crippen LogP contribution in [0.25, 0.3) is 10.2 Å². The van der Waals surface area contributed by atoms with Crippen LogP contribution >= 0.6 is 11.3 Å². The Morgan fingerprint density at radius 1 is 1.29 bits per heavy atom. The molecule has 1 amide bonds. The van der Waals surface area contributed by atoms with E-state index in [-0.39, 0.29) is 6.04 Å². The first-order valence-corrected chi connectivity index (χ1v) is 10.0. The van der Waals surface area contributed by atoms with Gasteiger partial charge in [-0.05, 0) is 44.7 Å². The fourth-order valence-corrected chi connectivity index (χ4v) is 5.25. The molecule has 2 saturated heterocycles. The molecule has 1 aromatic heterocycles.